The largest absolute Gasteiger partial charge is 0.450 e. The Labute approximate surface area is 162 Å². The van der Waals surface area contributed by atoms with Crippen LogP contribution < -0.4 is 9.80 Å². The molecule has 0 spiro atoms. The molecule has 0 N–H and O–H groups in total. The molecule has 1 aliphatic heterocycles. The predicted molar refractivity (Wildman–Crippen MR) is 110 cm³/mol. The van der Waals surface area contributed by atoms with Crippen LogP contribution in [-0.2, 0) is 0 Å². The number of aryl methyl sites for hydroxylation is 1. The number of aromatic nitrogens is 2. The lowest BCUT2D eigenvalue weighted by Crippen LogP contribution is -2.47. The number of rotatable bonds is 2. The molecule has 3 heterocycles. The van der Waals surface area contributed by atoms with Crippen LogP contribution in [0.4, 0.5) is 11.5 Å². The molecule has 5 rings (SSSR count). The van der Waals surface area contributed by atoms with E-state index in [9.17, 15) is 0 Å². The number of nitrogens with zero attached hydrogens (tertiary/aromatic N) is 4. The minimum absolute atomic E-state index is 0.762. The second-order valence-electron chi connectivity index (χ2n) is 6.80. The van der Waals surface area contributed by atoms with Crippen LogP contribution in [0.3, 0.4) is 0 Å². The van der Waals surface area contributed by atoms with E-state index in [1.165, 1.54) is 0 Å². The van der Waals surface area contributed by atoms with E-state index in [2.05, 4.69) is 20.9 Å². The van der Waals surface area contributed by atoms with Gasteiger partial charge in [-0.25, -0.2) is 9.97 Å². The third kappa shape index (κ3) is 2.79. The van der Waals surface area contributed by atoms with Crippen LogP contribution in [0.15, 0.2) is 52.9 Å². The fourth-order valence-electron chi connectivity index (χ4n) is 3.77. The van der Waals surface area contributed by atoms with E-state index in [1.54, 1.807) is 0 Å². The molecule has 4 aromatic rings. The average Bonchev–Trinajstić information content (AvgIpc) is 3.07. The highest BCUT2D eigenvalue weighted by Gasteiger charge is 2.24. The van der Waals surface area contributed by atoms with E-state index >= 15 is 0 Å². The topological polar surface area (TPSA) is 45.4 Å². The number of hydrogen-bond donors (Lipinski definition) is 0. The third-order valence-corrected chi connectivity index (χ3v) is 5.41. The van der Waals surface area contributed by atoms with Gasteiger partial charge in [0.25, 0.3) is 0 Å². The van der Waals surface area contributed by atoms with Crippen molar-refractivity contribution >= 4 is 45.2 Å². The molecule has 0 atom stereocenters. The summed E-state index contributed by atoms with van der Waals surface area (Å²) in [6.45, 7) is 5.41. The summed E-state index contributed by atoms with van der Waals surface area (Å²) in [6.07, 6.45) is 0. The van der Waals surface area contributed by atoms with Crippen molar-refractivity contribution in [2.24, 2.45) is 0 Å². The highest BCUT2D eigenvalue weighted by Crippen LogP contribution is 2.34. The number of fused-ring (bicyclic) bond motifs is 3. The number of hydrogen-bond acceptors (Lipinski definition) is 5. The van der Waals surface area contributed by atoms with Gasteiger partial charge in [0.1, 0.15) is 16.9 Å². The van der Waals surface area contributed by atoms with Crippen molar-refractivity contribution in [3.05, 3.63) is 59.4 Å². The lowest BCUT2D eigenvalue weighted by atomic mass is 10.2. The molecule has 0 unspecified atom stereocenters. The summed E-state index contributed by atoms with van der Waals surface area (Å²) < 4.78 is 6.12. The van der Waals surface area contributed by atoms with Crippen LogP contribution in [0.1, 0.15) is 5.82 Å². The van der Waals surface area contributed by atoms with E-state index in [4.69, 9.17) is 21.0 Å². The molecule has 2 aromatic carbocycles. The Morgan fingerprint density at radius 1 is 0.889 bits per heavy atom. The number of piperazine rings is 1. The quantitative estimate of drug-likeness (QED) is 0.507. The maximum absolute atomic E-state index is 6.36. The summed E-state index contributed by atoms with van der Waals surface area (Å²) in [7, 11) is 0. The molecule has 27 heavy (non-hydrogen) atoms. The molecule has 136 valence electrons. The number of para-hydroxylation sites is 2. The number of furan rings is 1. The zero-order valence-corrected chi connectivity index (χ0v) is 15.8. The van der Waals surface area contributed by atoms with Crippen molar-refractivity contribution in [3.63, 3.8) is 0 Å². The van der Waals surface area contributed by atoms with Gasteiger partial charge in [-0.2, -0.15) is 0 Å². The van der Waals surface area contributed by atoms with Gasteiger partial charge in [-0.3, -0.25) is 0 Å². The summed E-state index contributed by atoms with van der Waals surface area (Å²) in [4.78, 5) is 14.0. The smallest absolute Gasteiger partial charge is 0.196 e. The number of benzene rings is 2. The molecule has 0 aliphatic carbocycles. The Kier molecular flexibility index (Phi) is 3.90. The van der Waals surface area contributed by atoms with Crippen molar-refractivity contribution in [1.82, 2.24) is 9.97 Å². The van der Waals surface area contributed by atoms with Crippen molar-refractivity contribution in [2.45, 2.75) is 6.92 Å². The first-order valence-corrected chi connectivity index (χ1v) is 9.49. The zero-order valence-electron chi connectivity index (χ0n) is 15.0. The van der Waals surface area contributed by atoms with Gasteiger partial charge in [-0.15, -0.1) is 0 Å². The van der Waals surface area contributed by atoms with Crippen LogP contribution in [0, 0.1) is 6.92 Å². The SMILES string of the molecule is Cc1nc(N2CCN(c3ccccc3Cl)CC2)c2oc3ccccc3c2n1. The normalized spacial score (nSPS) is 15.0. The number of halogens is 1. The van der Waals surface area contributed by atoms with Crippen molar-refractivity contribution in [2.75, 3.05) is 36.0 Å². The van der Waals surface area contributed by atoms with Crippen LogP contribution >= 0.6 is 11.6 Å². The summed E-state index contributed by atoms with van der Waals surface area (Å²) >= 11 is 6.36. The summed E-state index contributed by atoms with van der Waals surface area (Å²) in [5, 5.41) is 1.83. The van der Waals surface area contributed by atoms with Crippen LogP contribution in [0.25, 0.3) is 22.1 Å². The highest BCUT2D eigenvalue weighted by molar-refractivity contribution is 6.33. The standard InChI is InChI=1S/C21H19ClN4O/c1-14-23-19-15-6-2-5-9-18(15)27-20(19)21(24-14)26-12-10-25(11-13-26)17-8-4-3-7-16(17)22/h2-9H,10-13H2,1H3. The monoisotopic (exact) mass is 378 g/mol. The van der Waals surface area contributed by atoms with Gasteiger partial charge in [0, 0.05) is 31.6 Å². The minimum atomic E-state index is 0.762. The van der Waals surface area contributed by atoms with Crippen molar-refractivity contribution < 1.29 is 4.42 Å². The van der Waals surface area contributed by atoms with Gasteiger partial charge in [0.2, 0.25) is 0 Å². The van der Waals surface area contributed by atoms with E-state index in [1.807, 2.05) is 49.4 Å². The molecule has 6 heteroatoms. The van der Waals surface area contributed by atoms with Gasteiger partial charge < -0.3 is 14.2 Å². The van der Waals surface area contributed by atoms with Gasteiger partial charge in [-0.05, 0) is 31.2 Å². The Hall–Kier alpha value is -2.79. The van der Waals surface area contributed by atoms with Crippen molar-refractivity contribution in [1.29, 1.82) is 0 Å². The van der Waals surface area contributed by atoms with Gasteiger partial charge in [-0.1, -0.05) is 35.9 Å². The Bertz CT molecular complexity index is 1130. The summed E-state index contributed by atoms with van der Waals surface area (Å²) in [6, 6.07) is 16.0. The van der Waals surface area contributed by atoms with E-state index in [0.717, 1.165) is 70.6 Å². The fraction of sp³-hybridized carbons (Fsp3) is 0.238. The highest BCUT2D eigenvalue weighted by atomic mass is 35.5. The average molecular weight is 379 g/mol. The molecule has 0 saturated carbocycles. The molecule has 1 fully saturated rings. The maximum Gasteiger partial charge on any atom is 0.196 e. The van der Waals surface area contributed by atoms with Gasteiger partial charge in [0.15, 0.2) is 11.4 Å². The molecule has 1 aliphatic rings. The predicted octanol–water partition coefficient (Wildman–Crippen LogP) is 4.66. The first-order chi connectivity index (χ1) is 13.2. The molecule has 0 radical (unpaired) electrons. The first-order valence-electron chi connectivity index (χ1n) is 9.11. The Balaban J connectivity index is 1.49. The van der Waals surface area contributed by atoms with E-state index in [-0.39, 0.29) is 0 Å². The van der Waals surface area contributed by atoms with Crippen LogP contribution in [0.2, 0.25) is 5.02 Å². The fourth-order valence-corrected chi connectivity index (χ4v) is 4.02. The maximum atomic E-state index is 6.36. The van der Waals surface area contributed by atoms with E-state index < -0.39 is 0 Å². The van der Waals surface area contributed by atoms with Crippen molar-refractivity contribution in [3.8, 4) is 0 Å². The first kappa shape index (κ1) is 16.4. The van der Waals surface area contributed by atoms with Crippen LogP contribution in [0.5, 0.6) is 0 Å². The lowest BCUT2D eigenvalue weighted by molar-refractivity contribution is 0.628. The zero-order chi connectivity index (χ0) is 18.4. The second kappa shape index (κ2) is 6.43. The lowest BCUT2D eigenvalue weighted by Gasteiger charge is -2.37. The molecule has 0 amide bonds. The van der Waals surface area contributed by atoms with Crippen LogP contribution in [-0.4, -0.2) is 36.1 Å². The Morgan fingerprint density at radius 3 is 2.41 bits per heavy atom. The van der Waals surface area contributed by atoms with E-state index in [0.29, 0.717) is 0 Å². The molecule has 5 nitrogen and oxygen atoms in total. The molecular weight excluding hydrogens is 360 g/mol. The molecule has 0 bridgehead atoms. The second-order valence-corrected chi connectivity index (χ2v) is 7.20. The summed E-state index contributed by atoms with van der Waals surface area (Å²) in [5.41, 5.74) is 3.60. The van der Waals surface area contributed by atoms with Gasteiger partial charge in [0.05, 0.1) is 10.7 Å². The third-order valence-electron chi connectivity index (χ3n) is 5.09. The molecular formula is C21H19ClN4O. The van der Waals surface area contributed by atoms with Gasteiger partial charge >= 0.3 is 0 Å². The molecule has 2 aromatic heterocycles. The summed E-state index contributed by atoms with van der Waals surface area (Å²) in [5.74, 6) is 1.64. The number of anilines is 2. The molecule has 1 saturated heterocycles. The Morgan fingerprint density at radius 2 is 1.59 bits per heavy atom. The minimum Gasteiger partial charge on any atom is -0.450 e.